The minimum atomic E-state index is -3.93. The van der Waals surface area contributed by atoms with Crippen LogP contribution in [0.2, 0.25) is 0 Å². The molecule has 0 aliphatic rings. The Bertz CT molecular complexity index is 1160. The Labute approximate surface area is 249 Å². The van der Waals surface area contributed by atoms with Gasteiger partial charge < -0.3 is 0 Å². The van der Waals surface area contributed by atoms with Crippen molar-refractivity contribution in [3.8, 4) is 0 Å². The average Bonchev–Trinajstić information content (AvgIpc) is 2.96. The first-order valence-corrected chi connectivity index (χ1v) is 19.0. The van der Waals surface area contributed by atoms with Crippen LogP contribution in [0.1, 0.15) is 0 Å². The SMILES string of the molecule is O=S(=O)(c1nc2c(S(=O)(Br)=C(Br)Br)cc(SOOC(Br)(Br)Br)cc2s1)C(Br)(Br)Br. The zero-order valence-corrected chi connectivity index (χ0v) is 30.2. The number of fused-ring (bicyclic) bond motifs is 1. The van der Waals surface area contributed by atoms with Crippen LogP contribution < -0.4 is 0 Å². The number of alkyl halides is 6. The predicted molar refractivity (Wildman–Crippen MR) is 152 cm³/mol. The lowest BCUT2D eigenvalue weighted by atomic mass is 10.3. The quantitative estimate of drug-likeness (QED) is 0.0743. The Morgan fingerprint density at radius 1 is 1.07 bits per heavy atom. The van der Waals surface area contributed by atoms with Gasteiger partial charge in [-0.05, 0) is 140 Å². The number of nitrogens with zero attached hydrogens (tertiary/aromatic N) is 1. The molecule has 0 radical (unpaired) electrons. The van der Waals surface area contributed by atoms with Crippen LogP contribution in [0.15, 0.2) is 26.3 Å². The van der Waals surface area contributed by atoms with Crippen LogP contribution in [0.5, 0.6) is 0 Å². The maximum absolute atomic E-state index is 13.2. The molecule has 6 nitrogen and oxygen atoms in total. The molecule has 0 saturated heterocycles. The van der Waals surface area contributed by atoms with Crippen molar-refractivity contribution in [2.45, 2.75) is 17.9 Å². The second-order valence-corrected chi connectivity index (χ2v) is 31.8. The molecule has 0 amide bonds. The summed E-state index contributed by atoms with van der Waals surface area (Å²) in [5.74, 6) is 0. The highest BCUT2D eigenvalue weighted by molar-refractivity contribution is 9.55. The van der Waals surface area contributed by atoms with Crippen molar-refractivity contribution in [2.75, 3.05) is 0 Å². The number of hydrogen-bond acceptors (Lipinski definition) is 8. The normalized spacial score (nSPS) is 15.5. The Kier molecular flexibility index (Phi) is 10.7. The third-order valence-electron chi connectivity index (χ3n) is 2.69. The first-order chi connectivity index (χ1) is 13.0. The molecule has 1 unspecified atom stereocenters. The lowest BCUT2D eigenvalue weighted by Crippen LogP contribution is -2.17. The number of thiazole rings is 1. The predicted octanol–water partition coefficient (Wildman–Crippen LogP) is 8.45. The van der Waals surface area contributed by atoms with E-state index >= 15 is 0 Å². The zero-order valence-electron chi connectivity index (χ0n) is 12.7. The van der Waals surface area contributed by atoms with Crippen molar-refractivity contribution >= 4 is 196 Å². The van der Waals surface area contributed by atoms with Crippen LogP contribution in [0.25, 0.3) is 10.2 Å². The molecule has 2 rings (SSSR count). The lowest BCUT2D eigenvalue weighted by molar-refractivity contribution is -0.184. The van der Waals surface area contributed by atoms with E-state index in [-0.39, 0.29) is 17.4 Å². The van der Waals surface area contributed by atoms with Crippen molar-refractivity contribution in [1.29, 1.82) is 0 Å². The maximum atomic E-state index is 13.2. The van der Waals surface area contributed by atoms with Crippen molar-refractivity contribution in [3.63, 3.8) is 0 Å². The second-order valence-electron chi connectivity index (χ2n) is 4.59. The van der Waals surface area contributed by atoms with Crippen LogP contribution >= 0.6 is 166 Å². The van der Waals surface area contributed by atoms with Crippen LogP contribution in [0.3, 0.4) is 0 Å². The summed E-state index contributed by atoms with van der Waals surface area (Å²) in [6.07, 6.45) is 0. The third-order valence-corrected chi connectivity index (χ3v) is 19.0. The Balaban J connectivity index is 2.70. The van der Waals surface area contributed by atoms with Crippen molar-refractivity contribution in [3.05, 3.63) is 12.1 Å². The summed E-state index contributed by atoms with van der Waals surface area (Å²) in [7, 11) is -6.89. The van der Waals surface area contributed by atoms with Gasteiger partial charge in [-0.15, -0.1) is 11.3 Å². The maximum Gasteiger partial charge on any atom is 0.266 e. The van der Waals surface area contributed by atoms with E-state index in [9.17, 15) is 12.6 Å². The smallest absolute Gasteiger partial charge is 0.250 e. The van der Waals surface area contributed by atoms with Crippen molar-refractivity contribution in [1.82, 2.24) is 4.98 Å². The molecule has 29 heavy (non-hydrogen) atoms. The van der Waals surface area contributed by atoms with Gasteiger partial charge in [0.15, 0.2) is 0 Å². The molecule has 0 bridgehead atoms. The first-order valence-electron chi connectivity index (χ1n) is 6.23. The van der Waals surface area contributed by atoms with Crippen LogP contribution in [0, 0.1) is 0 Å². The molecule has 1 aromatic heterocycles. The number of sulfone groups is 1. The van der Waals surface area contributed by atoms with E-state index in [1.165, 1.54) is 0 Å². The van der Waals surface area contributed by atoms with Gasteiger partial charge in [0.25, 0.3) is 2.33 Å². The lowest BCUT2D eigenvalue weighted by Gasteiger charge is -2.11. The number of aromatic nitrogens is 1. The highest BCUT2D eigenvalue weighted by atomic mass is 80.0. The Hall–Kier alpha value is 3.67. The van der Waals surface area contributed by atoms with E-state index in [0.717, 1.165) is 23.4 Å². The fourth-order valence-electron chi connectivity index (χ4n) is 1.59. The molecule has 0 N–H and O–H groups in total. The summed E-state index contributed by atoms with van der Waals surface area (Å²) in [6.45, 7) is 0. The summed E-state index contributed by atoms with van der Waals surface area (Å²) < 4.78 is 41.6. The monoisotopic (exact) mass is 1050 g/mol. The van der Waals surface area contributed by atoms with E-state index in [4.69, 9.17) is 9.22 Å². The number of benzene rings is 1. The van der Waals surface area contributed by atoms with Gasteiger partial charge in [0, 0.05) is 19.7 Å². The Morgan fingerprint density at radius 3 is 2.14 bits per heavy atom. The molecule has 19 heteroatoms. The fourth-order valence-corrected chi connectivity index (χ4v) is 10.1. The summed E-state index contributed by atoms with van der Waals surface area (Å²) in [5.41, 5.74) is 0.254. The molecule has 1 aromatic carbocycles. The molecular formula is C10H2Br9NO5S4. The number of halogens is 9. The highest BCUT2D eigenvalue weighted by Crippen LogP contribution is 2.46. The van der Waals surface area contributed by atoms with Gasteiger partial charge in [0.05, 0.1) is 35.1 Å². The summed E-state index contributed by atoms with van der Waals surface area (Å²) in [4.78, 5) is 9.97. The summed E-state index contributed by atoms with van der Waals surface area (Å²) in [5, 5.41) is 0. The van der Waals surface area contributed by atoms with E-state index in [2.05, 4.69) is 147 Å². The van der Waals surface area contributed by atoms with E-state index in [1.54, 1.807) is 12.1 Å². The minimum Gasteiger partial charge on any atom is -0.250 e. The molecule has 2 aromatic rings. The van der Waals surface area contributed by atoms with Gasteiger partial charge in [-0.1, -0.05) is 0 Å². The van der Waals surface area contributed by atoms with E-state index in [0.29, 0.717) is 9.60 Å². The number of hydrogen-bond donors (Lipinski definition) is 0. The molecule has 0 aliphatic heterocycles. The van der Waals surface area contributed by atoms with Crippen molar-refractivity contribution in [2.24, 2.45) is 0 Å². The molecule has 1 heterocycles. The molecule has 164 valence electrons. The van der Waals surface area contributed by atoms with Crippen LogP contribution in [-0.2, 0) is 27.0 Å². The first kappa shape index (κ1) is 28.9. The summed E-state index contributed by atoms with van der Waals surface area (Å²) >= 11 is 29.7. The highest BCUT2D eigenvalue weighted by Gasteiger charge is 2.40. The topological polar surface area (TPSA) is 82.6 Å². The van der Waals surface area contributed by atoms with Crippen LogP contribution in [-0.4, -0.2) is 24.1 Å². The number of rotatable bonds is 5. The zero-order chi connectivity index (χ0) is 22.4. The second kappa shape index (κ2) is 10.7. The molecule has 0 spiro atoms. The van der Waals surface area contributed by atoms with Crippen LogP contribution in [0.4, 0.5) is 0 Å². The van der Waals surface area contributed by atoms with Gasteiger partial charge in [-0.25, -0.2) is 17.6 Å². The third kappa shape index (κ3) is 7.33. The summed E-state index contributed by atoms with van der Waals surface area (Å²) in [6, 6.07) is 3.19. The molecule has 1 atom stereocenters. The molecule has 0 aliphatic carbocycles. The molecule has 0 saturated carbocycles. The molecular weight excluding hydrogens is 1060 g/mol. The van der Waals surface area contributed by atoms with E-state index in [1.807, 2.05) is 0 Å². The van der Waals surface area contributed by atoms with Gasteiger partial charge in [0.2, 0.25) is 15.7 Å². The van der Waals surface area contributed by atoms with Gasteiger partial charge in [-0.3, -0.25) is 0 Å². The minimum absolute atomic E-state index is 0.188. The van der Waals surface area contributed by atoms with Gasteiger partial charge in [0.1, 0.15) is 2.68 Å². The van der Waals surface area contributed by atoms with Gasteiger partial charge in [-0.2, -0.15) is 9.22 Å². The molecule has 0 fully saturated rings. The van der Waals surface area contributed by atoms with Gasteiger partial charge >= 0.3 is 0 Å². The average molecular weight is 1060 g/mol. The van der Waals surface area contributed by atoms with E-state index < -0.39 is 21.6 Å². The fraction of sp³-hybridized carbons (Fsp3) is 0.200. The Morgan fingerprint density at radius 2 is 1.66 bits per heavy atom. The standard InChI is InChI=1S/C10H2Br9NO5S4/c11-7(12)28(19,21)5-2-3(27-25-24-9(13,14)15)1-4-6(5)20-8(26-4)29(22,23)10(16,17)18/h1-2H. The van der Waals surface area contributed by atoms with Crippen molar-refractivity contribution < 1.29 is 21.8 Å². The largest absolute Gasteiger partial charge is 0.266 e.